The third kappa shape index (κ3) is 5.73. The fourth-order valence-corrected chi connectivity index (χ4v) is 3.72. The van der Waals surface area contributed by atoms with E-state index in [0.717, 1.165) is 27.8 Å². The molecule has 1 amide bonds. The number of ether oxygens (including phenoxy) is 1. The molecule has 0 aliphatic heterocycles. The van der Waals surface area contributed by atoms with Gasteiger partial charge < -0.3 is 20.7 Å². The van der Waals surface area contributed by atoms with Gasteiger partial charge in [-0.05, 0) is 57.6 Å². The molecule has 0 aliphatic rings. The molecule has 0 spiro atoms. The van der Waals surface area contributed by atoms with Crippen LogP contribution in [0.4, 0.5) is 21.7 Å². The van der Waals surface area contributed by atoms with Crippen molar-refractivity contribution >= 4 is 34.1 Å². The van der Waals surface area contributed by atoms with Gasteiger partial charge in [-0.2, -0.15) is 0 Å². The van der Waals surface area contributed by atoms with Gasteiger partial charge in [0, 0.05) is 40.2 Å². The lowest BCUT2D eigenvalue weighted by Gasteiger charge is -2.16. The number of carbonyl (C=O) groups is 1. The first-order valence-electron chi connectivity index (χ1n) is 11.4. The third-order valence-corrected chi connectivity index (χ3v) is 5.31. The highest BCUT2D eigenvalue weighted by atomic mass is 19.1. The third-order valence-electron chi connectivity index (χ3n) is 5.31. The predicted molar refractivity (Wildman–Crippen MR) is 138 cm³/mol. The van der Waals surface area contributed by atoms with Crippen molar-refractivity contribution in [2.75, 3.05) is 24.2 Å². The number of para-hydroxylation sites is 1. The molecule has 0 saturated carbocycles. The smallest absolute Gasteiger partial charge is 0.238 e. The number of fused-ring (bicyclic) bond motifs is 1. The number of nitrogens with one attached hydrogen (secondary N) is 3. The molecule has 35 heavy (non-hydrogen) atoms. The van der Waals surface area contributed by atoms with Gasteiger partial charge in [-0.15, -0.1) is 0 Å². The zero-order valence-corrected chi connectivity index (χ0v) is 20.1. The van der Waals surface area contributed by atoms with Crippen molar-refractivity contribution in [1.82, 2.24) is 15.3 Å². The van der Waals surface area contributed by atoms with Crippen LogP contribution in [0.3, 0.4) is 0 Å². The van der Waals surface area contributed by atoms with Gasteiger partial charge in [-0.3, -0.25) is 4.79 Å². The highest BCUT2D eigenvalue weighted by Gasteiger charge is 2.14. The summed E-state index contributed by atoms with van der Waals surface area (Å²) in [5.41, 5.74) is 4.65. The number of carbonyl (C=O) groups excluding carboxylic acids is 1. The molecule has 3 N–H and O–H groups in total. The number of amides is 1. The molecule has 0 bridgehead atoms. The standard InChI is InChI=1S/C27H28FN5O2/c1-16(2)35-24-12-19(28)9-11-21(24)22-7-5-6-18-14-30-27(33-26(18)22)31-20-10-8-17(3)23(13-20)32-25(34)15-29-4/h5-14,16,29H,15H2,1-4H3,(H,32,34)(H,30,31,33). The number of hydrogen-bond acceptors (Lipinski definition) is 6. The Morgan fingerprint density at radius 2 is 1.91 bits per heavy atom. The van der Waals surface area contributed by atoms with E-state index in [-0.39, 0.29) is 24.4 Å². The summed E-state index contributed by atoms with van der Waals surface area (Å²) in [6.45, 7) is 5.95. The number of likely N-dealkylation sites (N-methyl/N-ethyl adjacent to an activating group) is 1. The molecule has 0 saturated heterocycles. The Labute approximate surface area is 203 Å². The molecule has 0 radical (unpaired) electrons. The van der Waals surface area contributed by atoms with Crippen molar-refractivity contribution < 1.29 is 13.9 Å². The quantitative estimate of drug-likeness (QED) is 0.316. The van der Waals surface area contributed by atoms with E-state index in [2.05, 4.69) is 20.9 Å². The van der Waals surface area contributed by atoms with Gasteiger partial charge in [-0.1, -0.05) is 24.3 Å². The number of anilines is 3. The zero-order chi connectivity index (χ0) is 24.9. The number of aryl methyl sites for hydroxylation is 1. The number of halogens is 1. The predicted octanol–water partition coefficient (Wildman–Crippen LogP) is 5.43. The highest BCUT2D eigenvalue weighted by Crippen LogP contribution is 2.36. The van der Waals surface area contributed by atoms with Gasteiger partial charge in [-0.25, -0.2) is 14.4 Å². The van der Waals surface area contributed by atoms with Crippen LogP contribution in [-0.2, 0) is 4.79 Å². The first-order valence-corrected chi connectivity index (χ1v) is 11.4. The summed E-state index contributed by atoms with van der Waals surface area (Å²) >= 11 is 0. The van der Waals surface area contributed by atoms with Crippen LogP contribution in [0.15, 0.2) is 60.8 Å². The molecule has 4 rings (SSSR count). The van der Waals surface area contributed by atoms with E-state index in [0.29, 0.717) is 22.9 Å². The SMILES string of the molecule is CNCC(=O)Nc1cc(Nc2ncc3cccc(-c4ccc(F)cc4OC(C)C)c3n2)ccc1C. The molecular formula is C27H28FN5O2. The summed E-state index contributed by atoms with van der Waals surface area (Å²) in [5, 5.41) is 9.80. The molecule has 0 fully saturated rings. The minimum Gasteiger partial charge on any atom is -0.490 e. The molecule has 0 atom stereocenters. The Morgan fingerprint density at radius 3 is 2.69 bits per heavy atom. The van der Waals surface area contributed by atoms with Crippen LogP contribution in [0.5, 0.6) is 5.75 Å². The number of benzene rings is 3. The van der Waals surface area contributed by atoms with Crippen LogP contribution in [0.25, 0.3) is 22.0 Å². The Morgan fingerprint density at radius 1 is 1.09 bits per heavy atom. The van der Waals surface area contributed by atoms with Crippen LogP contribution in [0, 0.1) is 12.7 Å². The van der Waals surface area contributed by atoms with Crippen LogP contribution in [0.2, 0.25) is 0 Å². The van der Waals surface area contributed by atoms with Crippen molar-refractivity contribution in [3.63, 3.8) is 0 Å². The maximum atomic E-state index is 14.0. The molecule has 1 heterocycles. The van der Waals surface area contributed by atoms with Crippen LogP contribution in [-0.4, -0.2) is 35.6 Å². The molecule has 0 unspecified atom stereocenters. The molecule has 4 aromatic rings. The van der Waals surface area contributed by atoms with Gasteiger partial charge >= 0.3 is 0 Å². The highest BCUT2D eigenvalue weighted by molar-refractivity contribution is 5.96. The van der Waals surface area contributed by atoms with Gasteiger partial charge in [0.2, 0.25) is 11.9 Å². The average Bonchev–Trinajstić information content (AvgIpc) is 2.81. The zero-order valence-electron chi connectivity index (χ0n) is 20.1. The van der Waals surface area contributed by atoms with Crippen molar-refractivity contribution in [1.29, 1.82) is 0 Å². The summed E-state index contributed by atoms with van der Waals surface area (Å²) in [6.07, 6.45) is 1.63. The second-order valence-electron chi connectivity index (χ2n) is 8.48. The van der Waals surface area contributed by atoms with Crippen molar-refractivity contribution in [2.45, 2.75) is 26.9 Å². The summed E-state index contributed by atoms with van der Waals surface area (Å²) < 4.78 is 19.9. The monoisotopic (exact) mass is 473 g/mol. The molecular weight excluding hydrogens is 445 g/mol. The van der Waals surface area contributed by atoms with Crippen molar-refractivity contribution in [3.8, 4) is 16.9 Å². The molecule has 0 aliphatic carbocycles. The molecule has 180 valence electrons. The number of rotatable bonds is 8. The fraction of sp³-hybridized carbons (Fsp3) is 0.222. The van der Waals surface area contributed by atoms with Crippen LogP contribution in [0.1, 0.15) is 19.4 Å². The van der Waals surface area contributed by atoms with Crippen molar-refractivity contribution in [3.05, 3.63) is 72.2 Å². The maximum Gasteiger partial charge on any atom is 0.238 e. The average molecular weight is 474 g/mol. The van der Waals surface area contributed by atoms with Gasteiger partial charge in [0.15, 0.2) is 0 Å². The Kier molecular flexibility index (Phi) is 7.22. The van der Waals surface area contributed by atoms with Crippen LogP contribution < -0.4 is 20.7 Å². The van der Waals surface area contributed by atoms with E-state index in [1.165, 1.54) is 12.1 Å². The van der Waals surface area contributed by atoms with E-state index >= 15 is 0 Å². The van der Waals surface area contributed by atoms with E-state index in [1.54, 1.807) is 19.3 Å². The lowest BCUT2D eigenvalue weighted by molar-refractivity contribution is -0.115. The first kappa shape index (κ1) is 24.1. The van der Waals surface area contributed by atoms with E-state index in [4.69, 9.17) is 9.72 Å². The largest absolute Gasteiger partial charge is 0.490 e. The van der Waals surface area contributed by atoms with Crippen LogP contribution >= 0.6 is 0 Å². The maximum absolute atomic E-state index is 14.0. The fourth-order valence-electron chi connectivity index (χ4n) is 3.72. The van der Waals surface area contributed by atoms with Crippen molar-refractivity contribution in [2.24, 2.45) is 0 Å². The van der Waals surface area contributed by atoms with E-state index < -0.39 is 0 Å². The summed E-state index contributed by atoms with van der Waals surface area (Å²) in [4.78, 5) is 21.2. The second kappa shape index (κ2) is 10.5. The lowest BCUT2D eigenvalue weighted by Crippen LogP contribution is -2.25. The molecule has 7 nitrogen and oxygen atoms in total. The molecule has 3 aromatic carbocycles. The molecule has 1 aromatic heterocycles. The minimum atomic E-state index is -0.362. The summed E-state index contributed by atoms with van der Waals surface area (Å²) in [6, 6.07) is 15.9. The van der Waals surface area contributed by atoms with Gasteiger partial charge in [0.05, 0.1) is 18.2 Å². The number of aromatic nitrogens is 2. The van der Waals surface area contributed by atoms with E-state index in [1.807, 2.05) is 57.2 Å². The van der Waals surface area contributed by atoms with Gasteiger partial charge in [0.1, 0.15) is 11.6 Å². The number of hydrogen-bond donors (Lipinski definition) is 3. The number of nitrogens with zero attached hydrogens (tertiary/aromatic N) is 2. The lowest BCUT2D eigenvalue weighted by atomic mass is 10.0. The topological polar surface area (TPSA) is 88.2 Å². The Bertz CT molecular complexity index is 1370. The Hall–Kier alpha value is -4.04. The summed E-state index contributed by atoms with van der Waals surface area (Å²) in [7, 11) is 1.72. The minimum absolute atomic E-state index is 0.110. The second-order valence-corrected chi connectivity index (χ2v) is 8.48. The molecule has 8 heteroatoms. The Balaban J connectivity index is 1.70. The normalized spacial score (nSPS) is 11.0. The van der Waals surface area contributed by atoms with Gasteiger partial charge in [0.25, 0.3) is 0 Å². The first-order chi connectivity index (χ1) is 16.8. The van der Waals surface area contributed by atoms with E-state index in [9.17, 15) is 9.18 Å². The summed E-state index contributed by atoms with van der Waals surface area (Å²) in [5.74, 6) is 0.368.